The molecule has 1 aromatic rings. The fourth-order valence-electron chi connectivity index (χ4n) is 1.31. The normalized spacial score (nSPS) is 13.2. The number of benzene rings is 1. The maximum Gasteiger partial charge on any atom is 0.321 e. The van der Waals surface area contributed by atoms with Crippen molar-refractivity contribution in [3.05, 3.63) is 27.7 Å². The summed E-state index contributed by atoms with van der Waals surface area (Å²) in [5, 5.41) is 17.5. The van der Waals surface area contributed by atoms with E-state index in [4.69, 9.17) is 21.8 Å². The standard InChI is InChI=1S/C10H11BrClNO5S/c11-6-1-2-9(7(12)5-6)19(17,18)13-8(3-4-14)10(15)16/h1-2,5,8,13-14H,3-4H2,(H,15,16)/t8-/m0/s1. The molecule has 6 nitrogen and oxygen atoms in total. The lowest BCUT2D eigenvalue weighted by Gasteiger charge is -2.14. The van der Waals surface area contributed by atoms with E-state index >= 15 is 0 Å². The lowest BCUT2D eigenvalue weighted by molar-refractivity contribution is -0.139. The van der Waals surface area contributed by atoms with Gasteiger partial charge in [0.15, 0.2) is 0 Å². The van der Waals surface area contributed by atoms with Gasteiger partial charge in [0.1, 0.15) is 10.9 Å². The van der Waals surface area contributed by atoms with Crippen LogP contribution in [0.1, 0.15) is 6.42 Å². The summed E-state index contributed by atoms with van der Waals surface area (Å²) in [5.74, 6) is -1.37. The van der Waals surface area contributed by atoms with Crippen LogP contribution < -0.4 is 4.72 Å². The SMILES string of the molecule is O=C(O)[C@H](CCO)NS(=O)(=O)c1ccc(Br)cc1Cl. The van der Waals surface area contributed by atoms with E-state index in [1.54, 1.807) is 0 Å². The Labute approximate surface area is 123 Å². The number of nitrogens with one attached hydrogen (secondary N) is 1. The molecule has 1 rings (SSSR count). The first-order valence-corrected chi connectivity index (χ1v) is 7.74. The minimum absolute atomic E-state index is 0.0324. The summed E-state index contributed by atoms with van der Waals surface area (Å²) in [6, 6.07) is 2.71. The van der Waals surface area contributed by atoms with Crippen LogP contribution in [0.2, 0.25) is 5.02 Å². The molecular weight excluding hydrogens is 362 g/mol. The number of aliphatic hydroxyl groups excluding tert-OH is 1. The average molecular weight is 373 g/mol. The zero-order valence-corrected chi connectivity index (χ0v) is 12.7. The number of aliphatic carboxylic acids is 1. The Morgan fingerprint density at radius 2 is 2.11 bits per heavy atom. The molecular formula is C10H11BrClNO5S. The molecule has 19 heavy (non-hydrogen) atoms. The van der Waals surface area contributed by atoms with Crippen molar-refractivity contribution in [2.75, 3.05) is 6.61 Å². The predicted octanol–water partition coefficient (Wildman–Crippen LogP) is 1.22. The number of carbonyl (C=O) groups is 1. The molecule has 9 heteroatoms. The predicted molar refractivity (Wildman–Crippen MR) is 72.6 cm³/mol. The summed E-state index contributed by atoms with van der Waals surface area (Å²) in [6.07, 6.45) is -0.233. The number of carboxylic acids is 1. The van der Waals surface area contributed by atoms with Crippen molar-refractivity contribution in [3.63, 3.8) is 0 Å². The minimum Gasteiger partial charge on any atom is -0.480 e. The van der Waals surface area contributed by atoms with Crippen molar-refractivity contribution < 1.29 is 23.4 Å². The lowest BCUT2D eigenvalue weighted by atomic mass is 10.2. The second kappa shape index (κ2) is 6.67. The first kappa shape index (κ1) is 16.4. The zero-order chi connectivity index (χ0) is 14.6. The molecule has 0 amide bonds. The summed E-state index contributed by atoms with van der Waals surface area (Å²) in [4.78, 5) is 10.6. The van der Waals surface area contributed by atoms with Gasteiger partial charge in [-0.15, -0.1) is 0 Å². The minimum atomic E-state index is -4.07. The zero-order valence-electron chi connectivity index (χ0n) is 9.51. The van der Waals surface area contributed by atoms with Crippen LogP contribution in [0, 0.1) is 0 Å². The van der Waals surface area contributed by atoms with Gasteiger partial charge in [0.2, 0.25) is 10.0 Å². The third-order valence-electron chi connectivity index (χ3n) is 2.20. The first-order chi connectivity index (χ1) is 8.77. The van der Waals surface area contributed by atoms with Crippen LogP contribution in [0.5, 0.6) is 0 Å². The maximum absolute atomic E-state index is 12.0. The van der Waals surface area contributed by atoms with E-state index in [0.717, 1.165) is 0 Å². The summed E-state index contributed by atoms with van der Waals surface area (Å²) < 4.78 is 26.6. The van der Waals surface area contributed by atoms with Crippen molar-refractivity contribution in [3.8, 4) is 0 Å². The van der Waals surface area contributed by atoms with Gasteiger partial charge in [-0.1, -0.05) is 27.5 Å². The maximum atomic E-state index is 12.0. The van der Waals surface area contributed by atoms with E-state index in [9.17, 15) is 13.2 Å². The highest BCUT2D eigenvalue weighted by atomic mass is 79.9. The van der Waals surface area contributed by atoms with Crippen LogP contribution in [0.4, 0.5) is 0 Å². The number of sulfonamides is 1. The molecule has 0 radical (unpaired) electrons. The molecule has 0 aliphatic rings. The molecule has 0 spiro atoms. The third-order valence-corrected chi connectivity index (χ3v) is 4.64. The van der Waals surface area contributed by atoms with E-state index < -0.39 is 28.6 Å². The number of carboxylic acid groups (broad SMARTS) is 1. The highest BCUT2D eigenvalue weighted by Gasteiger charge is 2.26. The van der Waals surface area contributed by atoms with Crippen molar-refractivity contribution in [2.24, 2.45) is 0 Å². The number of hydrogen-bond acceptors (Lipinski definition) is 4. The van der Waals surface area contributed by atoms with Crippen LogP contribution in [0.25, 0.3) is 0 Å². The average Bonchev–Trinajstić information content (AvgIpc) is 2.27. The van der Waals surface area contributed by atoms with Gasteiger partial charge in [-0.2, -0.15) is 4.72 Å². The Kier molecular flexibility index (Phi) is 5.75. The largest absolute Gasteiger partial charge is 0.480 e. The van der Waals surface area contributed by atoms with Gasteiger partial charge in [0, 0.05) is 11.1 Å². The molecule has 0 aromatic heterocycles. The van der Waals surface area contributed by atoms with Crippen molar-refractivity contribution >= 4 is 43.5 Å². The van der Waals surface area contributed by atoms with Gasteiger partial charge < -0.3 is 10.2 Å². The number of hydrogen-bond donors (Lipinski definition) is 3. The monoisotopic (exact) mass is 371 g/mol. The van der Waals surface area contributed by atoms with Crippen molar-refractivity contribution in [2.45, 2.75) is 17.4 Å². The van der Waals surface area contributed by atoms with Crippen LogP contribution >= 0.6 is 27.5 Å². The summed E-state index contributed by atoms with van der Waals surface area (Å²) in [7, 11) is -4.07. The first-order valence-electron chi connectivity index (χ1n) is 5.09. The molecule has 0 saturated carbocycles. The van der Waals surface area contributed by atoms with E-state index in [-0.39, 0.29) is 16.3 Å². The Balaban J connectivity index is 3.06. The van der Waals surface area contributed by atoms with E-state index in [0.29, 0.717) is 4.47 Å². The molecule has 3 N–H and O–H groups in total. The summed E-state index contributed by atoms with van der Waals surface area (Å²) in [5.41, 5.74) is 0. The quantitative estimate of drug-likeness (QED) is 0.696. The van der Waals surface area contributed by atoms with E-state index in [2.05, 4.69) is 15.9 Å². The van der Waals surface area contributed by atoms with Gasteiger partial charge in [0.05, 0.1) is 5.02 Å². The number of aliphatic hydroxyl groups is 1. The second-order valence-electron chi connectivity index (χ2n) is 3.60. The fourth-order valence-corrected chi connectivity index (χ4v) is 3.57. The van der Waals surface area contributed by atoms with Gasteiger partial charge in [-0.25, -0.2) is 8.42 Å². The molecule has 1 aromatic carbocycles. The molecule has 0 saturated heterocycles. The van der Waals surface area contributed by atoms with Gasteiger partial charge in [-0.05, 0) is 24.6 Å². The third kappa shape index (κ3) is 4.43. The highest BCUT2D eigenvalue weighted by molar-refractivity contribution is 9.10. The molecule has 0 aliphatic heterocycles. The Bertz CT molecular complexity index is 577. The Hall–Kier alpha value is -0.670. The van der Waals surface area contributed by atoms with Crippen LogP contribution in [-0.4, -0.2) is 37.2 Å². The van der Waals surface area contributed by atoms with Crippen molar-refractivity contribution in [1.82, 2.24) is 4.72 Å². The number of halogens is 2. The molecule has 0 unspecified atom stereocenters. The smallest absolute Gasteiger partial charge is 0.321 e. The van der Waals surface area contributed by atoms with Gasteiger partial charge in [-0.3, -0.25) is 4.79 Å². The number of rotatable bonds is 6. The molecule has 0 fully saturated rings. The summed E-state index contributed by atoms with van der Waals surface area (Å²) >= 11 is 8.94. The van der Waals surface area contributed by atoms with Crippen LogP contribution in [0.3, 0.4) is 0 Å². The molecule has 106 valence electrons. The Morgan fingerprint density at radius 1 is 1.47 bits per heavy atom. The second-order valence-corrected chi connectivity index (χ2v) is 6.60. The van der Waals surface area contributed by atoms with Crippen LogP contribution in [0.15, 0.2) is 27.6 Å². The van der Waals surface area contributed by atoms with Gasteiger partial charge in [0.25, 0.3) is 0 Å². The highest BCUT2D eigenvalue weighted by Crippen LogP contribution is 2.25. The van der Waals surface area contributed by atoms with Crippen molar-refractivity contribution in [1.29, 1.82) is 0 Å². The van der Waals surface area contributed by atoms with E-state index in [1.165, 1.54) is 18.2 Å². The van der Waals surface area contributed by atoms with Crippen LogP contribution in [-0.2, 0) is 14.8 Å². The topological polar surface area (TPSA) is 104 Å². The molecule has 1 atom stereocenters. The lowest BCUT2D eigenvalue weighted by Crippen LogP contribution is -2.41. The Morgan fingerprint density at radius 3 is 2.58 bits per heavy atom. The summed E-state index contributed by atoms with van der Waals surface area (Å²) in [6.45, 7) is -0.451. The fraction of sp³-hybridized carbons (Fsp3) is 0.300. The molecule has 0 bridgehead atoms. The molecule has 0 heterocycles. The molecule has 0 aliphatic carbocycles. The van der Waals surface area contributed by atoms with Gasteiger partial charge >= 0.3 is 5.97 Å². The van der Waals surface area contributed by atoms with E-state index in [1.807, 2.05) is 4.72 Å².